The van der Waals surface area contributed by atoms with Crippen molar-refractivity contribution in [2.75, 3.05) is 25.0 Å². The van der Waals surface area contributed by atoms with Gasteiger partial charge in [0.05, 0.1) is 11.8 Å². The molecule has 0 aromatic carbocycles. The molecule has 3 aliphatic rings. The molecule has 1 aromatic heterocycles. The first kappa shape index (κ1) is 15.4. The average molecular weight is 335 g/mol. The molecule has 1 N–H and O–H groups in total. The first-order valence-electron chi connectivity index (χ1n) is 8.91. The van der Waals surface area contributed by atoms with Crippen molar-refractivity contribution >= 4 is 22.5 Å². The molecule has 0 bridgehead atoms. The second kappa shape index (κ2) is 6.77. The number of rotatable bonds is 5. The normalized spacial score (nSPS) is 22.9. The van der Waals surface area contributed by atoms with E-state index < -0.39 is 0 Å². The summed E-state index contributed by atoms with van der Waals surface area (Å²) in [5, 5.41) is 5.80. The third-order valence-electron chi connectivity index (χ3n) is 5.25. The molecule has 2 saturated carbocycles. The highest BCUT2D eigenvalue weighted by atomic mass is 32.1. The van der Waals surface area contributed by atoms with Gasteiger partial charge in [-0.2, -0.15) is 0 Å². The Morgan fingerprint density at radius 1 is 1.26 bits per heavy atom. The van der Waals surface area contributed by atoms with Gasteiger partial charge < -0.3 is 9.64 Å². The van der Waals surface area contributed by atoms with Crippen molar-refractivity contribution in [3.05, 3.63) is 11.1 Å². The Hall–Kier alpha value is -1.14. The number of anilines is 1. The van der Waals surface area contributed by atoms with Gasteiger partial charge in [0.1, 0.15) is 0 Å². The first-order chi connectivity index (χ1) is 11.3. The predicted molar refractivity (Wildman–Crippen MR) is 91.0 cm³/mol. The van der Waals surface area contributed by atoms with Crippen molar-refractivity contribution in [3.63, 3.8) is 0 Å². The molecule has 6 heteroatoms. The Morgan fingerprint density at radius 2 is 2.04 bits per heavy atom. The summed E-state index contributed by atoms with van der Waals surface area (Å²) < 4.78 is 5.93. The standard InChI is InChI=1S/C17H25N3O2S/c21-17(19-16-18-15(11-23-16)13-2-1-3-13)20-8-6-14(7-9-20)22-10-12-4-5-12/h11-14H,1-10H2,(H,18,19,21). The monoisotopic (exact) mass is 335 g/mol. The molecule has 2 heterocycles. The number of nitrogens with one attached hydrogen (secondary N) is 1. The van der Waals surface area contributed by atoms with Gasteiger partial charge in [0.15, 0.2) is 5.13 Å². The van der Waals surface area contributed by atoms with Crippen LogP contribution in [-0.4, -0.2) is 41.7 Å². The zero-order valence-corrected chi connectivity index (χ0v) is 14.3. The van der Waals surface area contributed by atoms with Crippen LogP contribution in [0.3, 0.4) is 0 Å². The highest BCUT2D eigenvalue weighted by Crippen LogP contribution is 2.37. The van der Waals surface area contributed by atoms with Gasteiger partial charge in [-0.1, -0.05) is 6.42 Å². The van der Waals surface area contributed by atoms with Crippen molar-refractivity contribution in [3.8, 4) is 0 Å². The van der Waals surface area contributed by atoms with Crippen molar-refractivity contribution in [1.29, 1.82) is 0 Å². The number of carbonyl (C=O) groups excluding carboxylic acids is 1. The van der Waals surface area contributed by atoms with E-state index in [0.717, 1.165) is 49.3 Å². The van der Waals surface area contributed by atoms with Crippen LogP contribution in [0.5, 0.6) is 0 Å². The molecule has 2 aliphatic carbocycles. The van der Waals surface area contributed by atoms with E-state index in [1.165, 1.54) is 32.1 Å². The lowest BCUT2D eigenvalue weighted by Crippen LogP contribution is -2.43. The topological polar surface area (TPSA) is 54.5 Å². The third kappa shape index (κ3) is 3.86. The zero-order valence-electron chi connectivity index (χ0n) is 13.5. The lowest BCUT2D eigenvalue weighted by atomic mass is 9.83. The number of thiazole rings is 1. The molecule has 3 fully saturated rings. The summed E-state index contributed by atoms with van der Waals surface area (Å²) >= 11 is 1.54. The van der Waals surface area contributed by atoms with E-state index in [2.05, 4.69) is 15.7 Å². The zero-order chi connectivity index (χ0) is 15.6. The summed E-state index contributed by atoms with van der Waals surface area (Å²) in [5.41, 5.74) is 1.16. The highest BCUT2D eigenvalue weighted by molar-refractivity contribution is 7.13. The second-order valence-corrected chi connectivity index (χ2v) is 7.96. The van der Waals surface area contributed by atoms with Crippen LogP contribution in [0.25, 0.3) is 0 Å². The number of aromatic nitrogens is 1. The smallest absolute Gasteiger partial charge is 0.323 e. The number of hydrogen-bond donors (Lipinski definition) is 1. The molecule has 0 spiro atoms. The Balaban J connectivity index is 1.22. The number of piperidine rings is 1. The van der Waals surface area contributed by atoms with E-state index in [9.17, 15) is 4.79 Å². The van der Waals surface area contributed by atoms with Crippen LogP contribution < -0.4 is 5.32 Å². The summed E-state index contributed by atoms with van der Waals surface area (Å²) in [6, 6.07) is -0.0137. The molecule has 1 saturated heterocycles. The minimum absolute atomic E-state index is 0.0137. The number of nitrogens with zero attached hydrogens (tertiary/aromatic N) is 2. The molecule has 1 aliphatic heterocycles. The molecule has 0 radical (unpaired) electrons. The number of likely N-dealkylation sites (tertiary alicyclic amines) is 1. The molecule has 4 rings (SSSR count). The minimum Gasteiger partial charge on any atom is -0.378 e. The van der Waals surface area contributed by atoms with Crippen LogP contribution in [0.2, 0.25) is 0 Å². The van der Waals surface area contributed by atoms with Crippen LogP contribution in [0, 0.1) is 5.92 Å². The Morgan fingerprint density at radius 3 is 2.70 bits per heavy atom. The van der Waals surface area contributed by atoms with Gasteiger partial charge in [-0.15, -0.1) is 11.3 Å². The van der Waals surface area contributed by atoms with Crippen molar-refractivity contribution < 1.29 is 9.53 Å². The quantitative estimate of drug-likeness (QED) is 0.889. The van der Waals surface area contributed by atoms with E-state index in [0.29, 0.717) is 12.0 Å². The highest BCUT2D eigenvalue weighted by Gasteiger charge is 2.27. The second-order valence-electron chi connectivity index (χ2n) is 7.10. The van der Waals surface area contributed by atoms with E-state index in [1.807, 2.05) is 4.90 Å². The van der Waals surface area contributed by atoms with Crippen LogP contribution in [0.1, 0.15) is 56.6 Å². The summed E-state index contributed by atoms with van der Waals surface area (Å²) in [6.45, 7) is 2.48. The third-order valence-corrected chi connectivity index (χ3v) is 6.03. The van der Waals surface area contributed by atoms with E-state index in [4.69, 9.17) is 4.74 Å². The fourth-order valence-corrected chi connectivity index (χ4v) is 3.97. The molecule has 2 amide bonds. The maximum Gasteiger partial charge on any atom is 0.323 e. The molecule has 5 nitrogen and oxygen atoms in total. The van der Waals surface area contributed by atoms with E-state index in [1.54, 1.807) is 11.3 Å². The van der Waals surface area contributed by atoms with Crippen molar-refractivity contribution in [2.24, 2.45) is 5.92 Å². The largest absolute Gasteiger partial charge is 0.378 e. The van der Waals surface area contributed by atoms with Crippen LogP contribution in [0.4, 0.5) is 9.93 Å². The van der Waals surface area contributed by atoms with E-state index in [-0.39, 0.29) is 6.03 Å². The maximum absolute atomic E-state index is 12.4. The SMILES string of the molecule is O=C(Nc1nc(C2CCC2)cs1)N1CCC(OCC2CC2)CC1. The van der Waals surface area contributed by atoms with Gasteiger partial charge in [0.25, 0.3) is 0 Å². The molecular weight excluding hydrogens is 310 g/mol. The van der Waals surface area contributed by atoms with Crippen LogP contribution in [-0.2, 0) is 4.74 Å². The Labute approximate surface area is 141 Å². The summed E-state index contributed by atoms with van der Waals surface area (Å²) in [4.78, 5) is 18.8. The number of ether oxygens (including phenoxy) is 1. The Bertz CT molecular complexity index is 546. The van der Waals surface area contributed by atoms with Gasteiger partial charge in [0, 0.05) is 31.0 Å². The van der Waals surface area contributed by atoms with Crippen LogP contribution in [0.15, 0.2) is 5.38 Å². The van der Waals surface area contributed by atoms with Gasteiger partial charge in [0.2, 0.25) is 0 Å². The lowest BCUT2D eigenvalue weighted by Gasteiger charge is -2.31. The minimum atomic E-state index is -0.0137. The molecule has 23 heavy (non-hydrogen) atoms. The van der Waals surface area contributed by atoms with E-state index >= 15 is 0 Å². The van der Waals surface area contributed by atoms with Crippen LogP contribution >= 0.6 is 11.3 Å². The predicted octanol–water partition coefficient (Wildman–Crippen LogP) is 3.83. The van der Waals surface area contributed by atoms with Gasteiger partial charge in [-0.3, -0.25) is 5.32 Å². The first-order valence-corrected chi connectivity index (χ1v) is 9.79. The molecular formula is C17H25N3O2S. The number of hydrogen-bond acceptors (Lipinski definition) is 4. The fraction of sp³-hybridized carbons (Fsp3) is 0.765. The molecule has 0 unspecified atom stereocenters. The van der Waals surface area contributed by atoms with Crippen molar-refractivity contribution in [2.45, 2.75) is 57.0 Å². The average Bonchev–Trinajstić information content (AvgIpc) is 3.24. The summed E-state index contributed by atoms with van der Waals surface area (Å²) in [7, 11) is 0. The van der Waals surface area contributed by atoms with Crippen molar-refractivity contribution in [1.82, 2.24) is 9.88 Å². The maximum atomic E-state index is 12.4. The Kier molecular flexibility index (Phi) is 4.53. The summed E-state index contributed by atoms with van der Waals surface area (Å²) in [6.07, 6.45) is 8.69. The van der Waals surface area contributed by atoms with Gasteiger partial charge in [-0.25, -0.2) is 9.78 Å². The van der Waals surface area contributed by atoms with Gasteiger partial charge in [-0.05, 0) is 44.4 Å². The molecule has 126 valence electrons. The molecule has 0 atom stereocenters. The lowest BCUT2D eigenvalue weighted by molar-refractivity contribution is 0.0105. The van der Waals surface area contributed by atoms with Gasteiger partial charge >= 0.3 is 6.03 Å². The number of urea groups is 1. The number of carbonyl (C=O) groups is 1. The number of amides is 2. The fourth-order valence-electron chi connectivity index (χ4n) is 3.19. The molecule has 1 aromatic rings. The summed E-state index contributed by atoms with van der Waals surface area (Å²) in [5.74, 6) is 1.43.